The van der Waals surface area contributed by atoms with E-state index in [0.717, 1.165) is 0 Å². The maximum absolute atomic E-state index is 11.0. The summed E-state index contributed by atoms with van der Waals surface area (Å²) in [4.78, 5) is 9.04. The molecule has 0 aromatic carbocycles. The molecule has 1 unspecified atom stereocenters. The number of hydrogen-bond acceptors (Lipinski definition) is 1. The first-order valence-electron chi connectivity index (χ1n) is 3.13. The van der Waals surface area contributed by atoms with Gasteiger partial charge in [0, 0.05) is 11.9 Å². The molecule has 0 saturated carbocycles. The van der Waals surface area contributed by atoms with Gasteiger partial charge >= 0.3 is 0 Å². The topological polar surface area (TPSA) is 49.3 Å². The van der Waals surface area contributed by atoms with Gasteiger partial charge in [-0.15, -0.1) is 24.0 Å². The first kappa shape index (κ1) is 14.3. The van der Waals surface area contributed by atoms with Gasteiger partial charge in [0.05, 0.1) is 6.16 Å². The Kier molecular flexibility index (Phi) is 8.13. The van der Waals surface area contributed by atoms with Gasteiger partial charge in [0.25, 0.3) is 7.52 Å². The van der Waals surface area contributed by atoms with Gasteiger partial charge in [-0.05, 0) is 13.8 Å². The lowest BCUT2D eigenvalue weighted by Crippen LogP contribution is -2.21. The maximum atomic E-state index is 11.0. The van der Waals surface area contributed by atoms with Crippen molar-refractivity contribution in [2.75, 3.05) is 12.0 Å². The van der Waals surface area contributed by atoms with Gasteiger partial charge in [0.2, 0.25) is 0 Å². The van der Waals surface area contributed by atoms with Crippen LogP contribution in [0.3, 0.4) is 0 Å². The molecule has 0 amide bonds. The van der Waals surface area contributed by atoms with Crippen LogP contribution in [0, 0.1) is 0 Å². The van der Waals surface area contributed by atoms with Gasteiger partial charge < -0.3 is 4.89 Å². The van der Waals surface area contributed by atoms with Crippen LogP contribution in [0.4, 0.5) is 0 Å². The van der Waals surface area contributed by atoms with Crippen molar-refractivity contribution >= 4 is 31.5 Å². The van der Waals surface area contributed by atoms with E-state index in [-0.39, 0.29) is 30.5 Å². The van der Waals surface area contributed by atoms with E-state index < -0.39 is 7.52 Å². The summed E-state index contributed by atoms with van der Waals surface area (Å²) < 4.78 is 11.0. The summed E-state index contributed by atoms with van der Waals surface area (Å²) in [5.41, 5.74) is 0. The fraction of sp³-hybridized carbons (Fsp3) is 1.00. The Morgan fingerprint density at radius 1 is 1.64 bits per heavy atom. The van der Waals surface area contributed by atoms with Crippen molar-refractivity contribution in [3.8, 4) is 0 Å². The third-order valence-electron chi connectivity index (χ3n) is 0.848. The highest BCUT2D eigenvalue weighted by atomic mass is 35.5. The van der Waals surface area contributed by atoms with Gasteiger partial charge in [0.15, 0.2) is 0 Å². The van der Waals surface area contributed by atoms with Crippen molar-refractivity contribution in [3.63, 3.8) is 0 Å². The van der Waals surface area contributed by atoms with Crippen LogP contribution in [0.5, 0.6) is 0 Å². The van der Waals surface area contributed by atoms with Crippen LogP contribution in [0.25, 0.3) is 0 Å². The molecule has 0 aliphatic carbocycles. The Morgan fingerprint density at radius 3 is 2.36 bits per heavy atom. The smallest absolute Gasteiger partial charge is 0.268 e. The molecule has 6 heteroatoms. The number of halogens is 2. The minimum atomic E-state index is -3.13. The van der Waals surface area contributed by atoms with Crippen LogP contribution in [0.2, 0.25) is 0 Å². The zero-order valence-electron chi connectivity index (χ0n) is 6.58. The predicted octanol–water partition coefficient (Wildman–Crippen LogP) is 1.83. The number of nitrogens with one attached hydrogen (secondary N) is 1. The molecule has 3 nitrogen and oxygen atoms in total. The number of hydrogen-bond donors (Lipinski definition) is 2. The highest BCUT2D eigenvalue weighted by molar-refractivity contribution is 7.56. The molecule has 0 aromatic heterocycles. The Bertz CT molecular complexity index is 142. The maximum Gasteiger partial charge on any atom is 0.268 e. The van der Waals surface area contributed by atoms with Crippen LogP contribution in [0.15, 0.2) is 0 Å². The molecule has 1 atom stereocenters. The second-order valence-corrected chi connectivity index (χ2v) is 4.88. The molecule has 0 fully saturated rings. The van der Waals surface area contributed by atoms with Gasteiger partial charge in [0.1, 0.15) is 0 Å². The molecular weight excluding hydrogens is 208 g/mol. The van der Waals surface area contributed by atoms with Gasteiger partial charge in [-0.3, -0.25) is 4.57 Å². The SMILES string of the molecule is CC(C)NP(=O)(O)CCCl.Cl. The lowest BCUT2D eigenvalue weighted by Gasteiger charge is -2.13. The number of alkyl halides is 1. The van der Waals surface area contributed by atoms with E-state index in [2.05, 4.69) is 5.09 Å². The molecule has 70 valence electrons. The zero-order valence-corrected chi connectivity index (χ0v) is 9.05. The summed E-state index contributed by atoms with van der Waals surface area (Å²) in [5.74, 6) is 0.216. The van der Waals surface area contributed by atoms with E-state index in [1.54, 1.807) is 0 Å². The van der Waals surface area contributed by atoms with Crippen molar-refractivity contribution in [2.45, 2.75) is 19.9 Å². The normalized spacial score (nSPS) is 15.7. The molecule has 0 aliphatic heterocycles. The van der Waals surface area contributed by atoms with E-state index in [1.807, 2.05) is 13.8 Å². The Labute approximate surface area is 78.4 Å². The van der Waals surface area contributed by atoms with Crippen LogP contribution < -0.4 is 5.09 Å². The molecule has 0 saturated heterocycles. The Morgan fingerprint density at radius 2 is 2.09 bits per heavy atom. The second-order valence-electron chi connectivity index (χ2n) is 2.40. The molecule has 0 radical (unpaired) electrons. The van der Waals surface area contributed by atoms with Crippen molar-refractivity contribution in [1.29, 1.82) is 0 Å². The van der Waals surface area contributed by atoms with Crippen molar-refractivity contribution in [1.82, 2.24) is 5.09 Å². The minimum absolute atomic E-state index is 0. The summed E-state index contributed by atoms with van der Waals surface area (Å²) in [6, 6.07) is 0.0269. The molecule has 0 bridgehead atoms. The summed E-state index contributed by atoms with van der Waals surface area (Å²) in [5, 5.41) is 2.55. The second kappa shape index (κ2) is 6.27. The lowest BCUT2D eigenvalue weighted by atomic mass is 10.4. The van der Waals surface area contributed by atoms with E-state index in [4.69, 9.17) is 16.5 Å². The summed E-state index contributed by atoms with van der Waals surface area (Å²) in [6.07, 6.45) is 0.132. The molecule has 0 aliphatic rings. The van der Waals surface area contributed by atoms with Crippen LogP contribution >= 0.6 is 31.5 Å². The minimum Gasteiger partial charge on any atom is -0.333 e. The molecule has 0 heterocycles. The van der Waals surface area contributed by atoms with Crippen LogP contribution in [-0.2, 0) is 4.57 Å². The molecule has 11 heavy (non-hydrogen) atoms. The highest BCUT2D eigenvalue weighted by Gasteiger charge is 2.16. The fourth-order valence-electron chi connectivity index (χ4n) is 0.583. The molecule has 0 spiro atoms. The Balaban J connectivity index is 0. The summed E-state index contributed by atoms with van der Waals surface area (Å²) in [7, 11) is -3.13. The Hall–Kier alpha value is 0.730. The van der Waals surface area contributed by atoms with E-state index in [1.165, 1.54) is 0 Å². The average molecular weight is 222 g/mol. The molecular formula is C5H14Cl2NO2P. The van der Waals surface area contributed by atoms with Gasteiger partial charge in [-0.1, -0.05) is 0 Å². The van der Waals surface area contributed by atoms with Crippen molar-refractivity contribution in [3.05, 3.63) is 0 Å². The molecule has 0 rings (SSSR count). The predicted molar refractivity (Wildman–Crippen MR) is 50.9 cm³/mol. The largest absolute Gasteiger partial charge is 0.333 e. The third kappa shape index (κ3) is 8.64. The number of rotatable bonds is 4. The van der Waals surface area contributed by atoms with E-state index in [9.17, 15) is 4.57 Å². The third-order valence-corrected chi connectivity index (χ3v) is 3.05. The monoisotopic (exact) mass is 221 g/mol. The molecule has 2 N–H and O–H groups in total. The van der Waals surface area contributed by atoms with Crippen LogP contribution in [-0.4, -0.2) is 23.0 Å². The lowest BCUT2D eigenvalue weighted by molar-refractivity contribution is 0.456. The standard InChI is InChI=1S/C5H13ClNO2P.ClH/c1-5(2)7-10(8,9)4-3-6;/h5H,3-4H2,1-2H3,(H2,7,8,9);1H. The molecule has 0 aromatic rings. The first-order chi connectivity index (χ1) is 4.48. The fourth-order valence-corrected chi connectivity index (χ4v) is 2.44. The van der Waals surface area contributed by atoms with E-state index >= 15 is 0 Å². The van der Waals surface area contributed by atoms with Crippen molar-refractivity contribution in [2.24, 2.45) is 0 Å². The summed E-state index contributed by atoms with van der Waals surface area (Å²) in [6.45, 7) is 3.63. The van der Waals surface area contributed by atoms with E-state index in [0.29, 0.717) is 0 Å². The van der Waals surface area contributed by atoms with Gasteiger partial charge in [-0.2, -0.15) is 0 Å². The quantitative estimate of drug-likeness (QED) is 0.563. The average Bonchev–Trinajstić information content (AvgIpc) is 1.59. The zero-order chi connectivity index (χ0) is 8.20. The highest BCUT2D eigenvalue weighted by Crippen LogP contribution is 2.35. The first-order valence-corrected chi connectivity index (χ1v) is 5.51. The van der Waals surface area contributed by atoms with Gasteiger partial charge in [-0.25, -0.2) is 5.09 Å². The van der Waals surface area contributed by atoms with Crippen LogP contribution in [0.1, 0.15) is 13.8 Å². The summed E-state index contributed by atoms with van der Waals surface area (Å²) >= 11 is 5.30. The van der Waals surface area contributed by atoms with Crippen molar-refractivity contribution < 1.29 is 9.46 Å².